The summed E-state index contributed by atoms with van der Waals surface area (Å²) in [6.45, 7) is 1.75. The van der Waals surface area contributed by atoms with Crippen molar-refractivity contribution in [3.63, 3.8) is 0 Å². The molecule has 0 unspecified atom stereocenters. The monoisotopic (exact) mass is 350 g/mol. The van der Waals surface area contributed by atoms with Gasteiger partial charge in [0.05, 0.1) is 18.4 Å². The normalized spacial score (nSPS) is 12.3. The van der Waals surface area contributed by atoms with Crippen molar-refractivity contribution in [1.82, 2.24) is 14.8 Å². The van der Waals surface area contributed by atoms with Gasteiger partial charge in [0.25, 0.3) is 11.9 Å². The number of hydrogen-bond donors (Lipinski definition) is 1. The Labute approximate surface area is 148 Å². The van der Waals surface area contributed by atoms with Crippen LogP contribution >= 0.6 is 0 Å². The summed E-state index contributed by atoms with van der Waals surface area (Å²) in [6, 6.07) is 13.5. The largest absolute Gasteiger partial charge is 0.376 e. The molecule has 1 aliphatic heterocycles. The number of aryl methyl sites for hydroxylation is 1. The van der Waals surface area contributed by atoms with E-state index in [2.05, 4.69) is 20.6 Å². The highest BCUT2D eigenvalue weighted by Crippen LogP contribution is 2.25. The zero-order valence-electron chi connectivity index (χ0n) is 13.9. The molecule has 26 heavy (non-hydrogen) atoms. The van der Waals surface area contributed by atoms with Crippen LogP contribution < -0.4 is 10.3 Å². The van der Waals surface area contributed by atoms with Crippen molar-refractivity contribution in [2.24, 2.45) is 5.10 Å². The topological polar surface area (TPSA) is 75.4 Å². The molecule has 0 saturated heterocycles. The van der Waals surface area contributed by atoms with Gasteiger partial charge in [-0.3, -0.25) is 9.36 Å². The lowest BCUT2D eigenvalue weighted by molar-refractivity contribution is -0.117. The number of fused-ring (bicyclic) bond motifs is 3. The van der Waals surface area contributed by atoms with Crippen LogP contribution in [-0.4, -0.2) is 33.4 Å². The fourth-order valence-corrected chi connectivity index (χ4v) is 2.77. The molecule has 8 heteroatoms. The quantitative estimate of drug-likeness (QED) is 0.787. The lowest BCUT2D eigenvalue weighted by Gasteiger charge is -2.16. The van der Waals surface area contributed by atoms with Crippen LogP contribution in [0.5, 0.6) is 0 Å². The second-order valence-electron chi connectivity index (χ2n) is 5.76. The van der Waals surface area contributed by atoms with E-state index in [0.29, 0.717) is 17.5 Å². The van der Waals surface area contributed by atoms with Crippen LogP contribution in [0, 0.1) is 12.7 Å². The lowest BCUT2D eigenvalue weighted by atomic mass is 10.2. The number of hydrogen-bond acceptors (Lipinski definition) is 5. The van der Waals surface area contributed by atoms with Crippen LogP contribution in [-0.2, 0) is 4.79 Å². The van der Waals surface area contributed by atoms with Gasteiger partial charge in [-0.25, -0.2) is 4.39 Å². The fraction of sp³-hybridized carbons (Fsp3) is 0.111. The van der Waals surface area contributed by atoms with Gasteiger partial charge in [0.1, 0.15) is 11.6 Å². The summed E-state index contributed by atoms with van der Waals surface area (Å²) in [5.41, 5.74) is 2.21. The van der Waals surface area contributed by atoms with Crippen LogP contribution in [0.3, 0.4) is 0 Å². The molecule has 2 heterocycles. The van der Waals surface area contributed by atoms with Gasteiger partial charge < -0.3 is 5.32 Å². The van der Waals surface area contributed by atoms with Crippen LogP contribution in [0.1, 0.15) is 11.4 Å². The fourth-order valence-electron chi connectivity index (χ4n) is 2.77. The first-order chi connectivity index (χ1) is 12.6. The van der Waals surface area contributed by atoms with Crippen LogP contribution in [0.15, 0.2) is 53.6 Å². The molecule has 1 aromatic heterocycles. The minimum Gasteiger partial charge on any atom is -0.376 e. The molecular formula is C18H15FN6O. The second-order valence-corrected chi connectivity index (χ2v) is 5.76. The molecule has 7 nitrogen and oxygen atoms in total. The zero-order valence-corrected chi connectivity index (χ0v) is 13.9. The minimum absolute atomic E-state index is 0.0664. The highest BCUT2D eigenvalue weighted by Gasteiger charge is 2.26. The van der Waals surface area contributed by atoms with Gasteiger partial charge in [-0.15, -0.1) is 10.2 Å². The number of anilines is 2. The van der Waals surface area contributed by atoms with E-state index in [9.17, 15) is 9.18 Å². The number of nitrogens with zero attached hydrogens (tertiary/aromatic N) is 5. The highest BCUT2D eigenvalue weighted by atomic mass is 19.1. The number of para-hydroxylation sites is 1. The number of rotatable bonds is 3. The Balaban J connectivity index is 1.64. The highest BCUT2D eigenvalue weighted by molar-refractivity contribution is 5.98. The van der Waals surface area contributed by atoms with E-state index in [0.717, 1.165) is 11.3 Å². The van der Waals surface area contributed by atoms with Gasteiger partial charge >= 0.3 is 0 Å². The third-order valence-corrected chi connectivity index (χ3v) is 3.99. The number of benzene rings is 2. The predicted octanol–water partition coefficient (Wildman–Crippen LogP) is 2.51. The number of hydrazone groups is 1. The van der Waals surface area contributed by atoms with E-state index in [1.54, 1.807) is 22.9 Å². The Morgan fingerprint density at radius 2 is 2.00 bits per heavy atom. The van der Waals surface area contributed by atoms with Crippen molar-refractivity contribution in [3.05, 3.63) is 65.7 Å². The molecule has 1 N–H and O–H groups in total. The Kier molecular flexibility index (Phi) is 3.92. The molecule has 4 rings (SSSR count). The summed E-state index contributed by atoms with van der Waals surface area (Å²) >= 11 is 0. The van der Waals surface area contributed by atoms with Gasteiger partial charge in [0.2, 0.25) is 0 Å². The molecule has 2 aromatic carbocycles. The first kappa shape index (κ1) is 15.9. The Morgan fingerprint density at radius 1 is 1.15 bits per heavy atom. The zero-order chi connectivity index (χ0) is 18.1. The molecule has 1 amide bonds. The molecular weight excluding hydrogens is 335 g/mol. The van der Waals surface area contributed by atoms with Crippen LogP contribution in [0.4, 0.5) is 16.0 Å². The van der Waals surface area contributed by atoms with E-state index >= 15 is 0 Å². The maximum atomic E-state index is 13.3. The standard InChI is InChI=1S/C18H15FN6O/c1-12-22-23-18-24(12)16-8-3-2-5-13(16)10-21-25(18)17(26)11-20-15-7-4-6-14(19)9-15/h2-10,20H,11H2,1H3. The van der Waals surface area contributed by atoms with Gasteiger partial charge in [0.15, 0.2) is 0 Å². The van der Waals surface area contributed by atoms with E-state index in [1.807, 2.05) is 31.2 Å². The van der Waals surface area contributed by atoms with Crippen molar-refractivity contribution in [1.29, 1.82) is 0 Å². The molecule has 3 aromatic rings. The smallest absolute Gasteiger partial charge is 0.269 e. The summed E-state index contributed by atoms with van der Waals surface area (Å²) in [6.07, 6.45) is 1.61. The number of carbonyl (C=O) groups is 1. The van der Waals surface area contributed by atoms with Gasteiger partial charge in [-0.1, -0.05) is 24.3 Å². The van der Waals surface area contributed by atoms with Crippen molar-refractivity contribution in [2.75, 3.05) is 16.9 Å². The second kappa shape index (κ2) is 6.40. The molecule has 0 aliphatic carbocycles. The third-order valence-electron chi connectivity index (χ3n) is 3.99. The third kappa shape index (κ3) is 2.81. The predicted molar refractivity (Wildman–Crippen MR) is 96.1 cm³/mol. The number of aromatic nitrogens is 3. The summed E-state index contributed by atoms with van der Waals surface area (Å²) < 4.78 is 15.1. The summed E-state index contributed by atoms with van der Waals surface area (Å²) in [5, 5.41) is 16.6. The van der Waals surface area contributed by atoms with E-state index in [4.69, 9.17) is 0 Å². The van der Waals surface area contributed by atoms with E-state index in [1.165, 1.54) is 17.1 Å². The van der Waals surface area contributed by atoms with Crippen LogP contribution in [0.25, 0.3) is 5.69 Å². The van der Waals surface area contributed by atoms with Crippen molar-refractivity contribution in [2.45, 2.75) is 6.92 Å². The van der Waals surface area contributed by atoms with Gasteiger partial charge in [-0.05, 0) is 31.2 Å². The van der Waals surface area contributed by atoms with E-state index in [-0.39, 0.29) is 18.3 Å². The number of halogens is 1. The average molecular weight is 350 g/mol. The van der Waals surface area contributed by atoms with Crippen molar-refractivity contribution >= 4 is 23.8 Å². The Morgan fingerprint density at radius 3 is 2.85 bits per heavy atom. The van der Waals surface area contributed by atoms with Crippen LogP contribution in [0.2, 0.25) is 0 Å². The summed E-state index contributed by atoms with van der Waals surface area (Å²) in [4.78, 5) is 12.7. The number of nitrogens with one attached hydrogen (secondary N) is 1. The van der Waals surface area contributed by atoms with E-state index < -0.39 is 0 Å². The molecule has 0 saturated carbocycles. The van der Waals surface area contributed by atoms with Gasteiger partial charge in [-0.2, -0.15) is 10.1 Å². The lowest BCUT2D eigenvalue weighted by Crippen LogP contribution is -2.33. The number of carbonyl (C=O) groups excluding carboxylic acids is 1. The maximum Gasteiger partial charge on any atom is 0.269 e. The molecule has 0 fully saturated rings. The maximum absolute atomic E-state index is 13.3. The molecule has 1 aliphatic rings. The SMILES string of the molecule is Cc1nnc2n1-c1ccccc1C=NN2C(=O)CNc1cccc(F)c1. The first-order valence-electron chi connectivity index (χ1n) is 8.01. The molecule has 0 bridgehead atoms. The summed E-state index contributed by atoms with van der Waals surface area (Å²) in [5.74, 6) is 0.247. The Hall–Kier alpha value is -3.55. The number of amides is 1. The molecule has 0 spiro atoms. The molecule has 0 radical (unpaired) electrons. The summed E-state index contributed by atoms with van der Waals surface area (Å²) in [7, 11) is 0. The van der Waals surface area contributed by atoms with Gasteiger partial charge in [0, 0.05) is 11.3 Å². The van der Waals surface area contributed by atoms with Crippen molar-refractivity contribution in [3.8, 4) is 5.69 Å². The molecule has 0 atom stereocenters. The average Bonchev–Trinajstić information content (AvgIpc) is 2.93. The Bertz CT molecular complexity index is 1010. The van der Waals surface area contributed by atoms with Crippen molar-refractivity contribution < 1.29 is 9.18 Å². The minimum atomic E-state index is -0.374. The first-order valence-corrected chi connectivity index (χ1v) is 8.01. The molecule has 130 valence electrons.